The zero-order valence-electron chi connectivity index (χ0n) is 12.9. The molecule has 0 bridgehead atoms. The molecular weight excluding hydrogens is 254 g/mol. The predicted molar refractivity (Wildman–Crippen MR) is 82.6 cm³/mol. The molecule has 1 aromatic rings. The lowest BCUT2D eigenvalue weighted by atomic mass is 10.1. The largest absolute Gasteiger partial charge is 0.396 e. The van der Waals surface area contributed by atoms with E-state index in [0.29, 0.717) is 11.7 Å². The van der Waals surface area contributed by atoms with Crippen LogP contribution in [-0.2, 0) is 0 Å². The molecule has 1 rings (SSSR count). The van der Waals surface area contributed by atoms with E-state index in [1.165, 1.54) is 0 Å². The maximum absolute atomic E-state index is 9.00. The number of aliphatic hydroxyl groups excluding tert-OH is 1. The smallest absolute Gasteiger partial charge is 0.148 e. The maximum Gasteiger partial charge on any atom is 0.148 e. The average molecular weight is 281 g/mol. The number of nitrogens with one attached hydrogen (secondary N) is 2. The van der Waals surface area contributed by atoms with Gasteiger partial charge in [-0.2, -0.15) is 0 Å². The molecule has 1 heterocycles. The first-order chi connectivity index (χ1) is 9.49. The number of rotatable bonds is 8. The van der Waals surface area contributed by atoms with Gasteiger partial charge in [-0.05, 0) is 25.7 Å². The molecule has 1 atom stereocenters. The fraction of sp³-hybridized carbons (Fsp3) is 0.714. The van der Waals surface area contributed by atoms with Crippen molar-refractivity contribution in [2.45, 2.75) is 46.5 Å². The molecule has 0 aliphatic carbocycles. The summed E-state index contributed by atoms with van der Waals surface area (Å²) in [7, 11) is 0. The summed E-state index contributed by atoms with van der Waals surface area (Å²) in [6.45, 7) is 9.16. The van der Waals surface area contributed by atoms with Gasteiger partial charge in [0.1, 0.15) is 17.5 Å². The van der Waals surface area contributed by atoms with Gasteiger partial charge < -0.3 is 15.8 Å². The van der Waals surface area contributed by atoms with E-state index < -0.39 is 0 Å². The van der Waals surface area contributed by atoms with E-state index in [1.807, 2.05) is 13.8 Å². The van der Waals surface area contributed by atoms with Crippen molar-refractivity contribution in [3.63, 3.8) is 0 Å². The van der Waals surface area contributed by atoms with Crippen molar-refractivity contribution in [2.75, 3.05) is 23.9 Å². The van der Waals surface area contributed by atoms with Crippen molar-refractivity contribution in [3.05, 3.63) is 11.4 Å². The Morgan fingerprint density at radius 2 is 1.85 bits per heavy atom. The van der Waals surface area contributed by atoms with Gasteiger partial charge in [-0.25, -0.2) is 15.8 Å². The maximum atomic E-state index is 9.00. The summed E-state index contributed by atoms with van der Waals surface area (Å²) in [5.41, 5.74) is 3.55. The van der Waals surface area contributed by atoms with Crippen LogP contribution in [0.15, 0.2) is 0 Å². The molecule has 0 fully saturated rings. The van der Waals surface area contributed by atoms with Crippen molar-refractivity contribution in [2.24, 2.45) is 11.8 Å². The number of aromatic nitrogens is 2. The van der Waals surface area contributed by atoms with Gasteiger partial charge in [-0.3, -0.25) is 0 Å². The molecule has 0 aliphatic heterocycles. The first kappa shape index (κ1) is 16.7. The van der Waals surface area contributed by atoms with E-state index >= 15 is 0 Å². The average Bonchev–Trinajstić information content (AvgIpc) is 2.44. The molecule has 1 unspecified atom stereocenters. The third-order valence-corrected chi connectivity index (χ3v) is 3.29. The lowest BCUT2D eigenvalue weighted by Crippen LogP contribution is -2.16. The molecule has 6 heteroatoms. The Bertz CT molecular complexity index is 422. The number of anilines is 2. The monoisotopic (exact) mass is 281 g/mol. The first-order valence-electron chi connectivity index (χ1n) is 7.19. The van der Waals surface area contributed by atoms with E-state index in [0.717, 1.165) is 36.6 Å². The lowest BCUT2D eigenvalue weighted by Gasteiger charge is -2.15. The molecule has 20 heavy (non-hydrogen) atoms. The first-order valence-corrected chi connectivity index (χ1v) is 7.19. The van der Waals surface area contributed by atoms with E-state index in [4.69, 9.17) is 10.9 Å². The minimum Gasteiger partial charge on any atom is -0.396 e. The van der Waals surface area contributed by atoms with Crippen LogP contribution < -0.4 is 16.6 Å². The highest BCUT2D eigenvalue weighted by atomic mass is 16.3. The van der Waals surface area contributed by atoms with Crippen LogP contribution in [0.4, 0.5) is 11.6 Å². The Labute approximate surface area is 121 Å². The Balaban J connectivity index is 2.70. The van der Waals surface area contributed by atoms with E-state index in [-0.39, 0.29) is 12.5 Å². The highest BCUT2D eigenvalue weighted by Gasteiger charge is 2.12. The van der Waals surface area contributed by atoms with Gasteiger partial charge in [0.05, 0.1) is 0 Å². The number of aliphatic hydroxyl groups is 1. The molecule has 0 aliphatic rings. The molecule has 0 amide bonds. The van der Waals surface area contributed by atoms with Gasteiger partial charge in [-0.15, -0.1) is 0 Å². The molecule has 5 N–H and O–H groups in total. The van der Waals surface area contributed by atoms with Crippen molar-refractivity contribution < 1.29 is 5.11 Å². The summed E-state index contributed by atoms with van der Waals surface area (Å²) in [5, 5.41) is 12.3. The summed E-state index contributed by atoms with van der Waals surface area (Å²) in [6, 6.07) is 0. The number of hydrogen-bond donors (Lipinski definition) is 4. The van der Waals surface area contributed by atoms with Crippen LogP contribution in [0.25, 0.3) is 0 Å². The summed E-state index contributed by atoms with van der Waals surface area (Å²) < 4.78 is 0. The molecule has 0 spiro atoms. The minimum atomic E-state index is 0.241. The zero-order chi connectivity index (χ0) is 15.1. The fourth-order valence-electron chi connectivity index (χ4n) is 1.85. The number of hydrazine groups is 1. The summed E-state index contributed by atoms with van der Waals surface area (Å²) in [6.07, 6.45) is 1.99. The lowest BCUT2D eigenvalue weighted by molar-refractivity contribution is 0.229. The van der Waals surface area contributed by atoms with Crippen LogP contribution in [-0.4, -0.2) is 28.2 Å². The van der Waals surface area contributed by atoms with Crippen LogP contribution in [0.2, 0.25) is 0 Å². The van der Waals surface area contributed by atoms with Crippen LogP contribution in [0, 0.1) is 12.8 Å². The van der Waals surface area contributed by atoms with Crippen molar-refractivity contribution >= 4 is 11.6 Å². The van der Waals surface area contributed by atoms with Gasteiger partial charge in [0.2, 0.25) is 0 Å². The second-order valence-electron chi connectivity index (χ2n) is 5.56. The Morgan fingerprint density at radius 3 is 2.40 bits per heavy atom. The van der Waals surface area contributed by atoms with Gasteiger partial charge in [0.25, 0.3) is 0 Å². The molecular formula is C14H27N5O. The second kappa shape index (κ2) is 8.01. The quantitative estimate of drug-likeness (QED) is 0.331. The van der Waals surface area contributed by atoms with Gasteiger partial charge in [-0.1, -0.05) is 20.8 Å². The molecule has 6 nitrogen and oxygen atoms in total. The molecule has 114 valence electrons. The number of nitrogens with two attached hydrogens (primary N) is 1. The highest BCUT2D eigenvalue weighted by Crippen LogP contribution is 2.22. The van der Waals surface area contributed by atoms with E-state index in [9.17, 15) is 0 Å². The summed E-state index contributed by atoms with van der Waals surface area (Å²) in [5.74, 6) is 8.36. The number of nitrogens with zero attached hydrogens (tertiary/aromatic N) is 2. The van der Waals surface area contributed by atoms with Crippen LogP contribution in [0.1, 0.15) is 50.9 Å². The SMILES string of the molecule is Cc1c(NN)nc(C(C)C)nc1NCCCC(C)CO. The Kier molecular flexibility index (Phi) is 6.67. The number of nitrogen functional groups attached to an aromatic ring is 1. The summed E-state index contributed by atoms with van der Waals surface area (Å²) in [4.78, 5) is 8.95. The molecule has 0 radical (unpaired) electrons. The molecule has 0 aromatic carbocycles. The number of hydrogen-bond acceptors (Lipinski definition) is 6. The Hall–Kier alpha value is -1.40. The standard InChI is InChI=1S/C14H27N5O/c1-9(2)12-17-13(11(4)14(18-12)19-15)16-7-5-6-10(3)8-20/h9-10,20H,5-8,15H2,1-4H3,(H2,16,17,18,19). The predicted octanol–water partition coefficient (Wildman–Crippen LogP) is 2.01. The molecule has 1 aromatic heterocycles. The van der Waals surface area contributed by atoms with Crippen molar-refractivity contribution in [1.29, 1.82) is 0 Å². The van der Waals surface area contributed by atoms with Crippen molar-refractivity contribution in [3.8, 4) is 0 Å². The van der Waals surface area contributed by atoms with Crippen LogP contribution >= 0.6 is 0 Å². The molecule has 0 saturated carbocycles. The van der Waals surface area contributed by atoms with Gasteiger partial charge in [0.15, 0.2) is 0 Å². The topological polar surface area (TPSA) is 96.1 Å². The third-order valence-electron chi connectivity index (χ3n) is 3.29. The van der Waals surface area contributed by atoms with Crippen LogP contribution in [0.5, 0.6) is 0 Å². The zero-order valence-corrected chi connectivity index (χ0v) is 12.9. The van der Waals surface area contributed by atoms with Crippen LogP contribution in [0.3, 0.4) is 0 Å². The minimum absolute atomic E-state index is 0.241. The normalized spacial score (nSPS) is 12.6. The Morgan fingerprint density at radius 1 is 1.20 bits per heavy atom. The second-order valence-corrected chi connectivity index (χ2v) is 5.56. The van der Waals surface area contributed by atoms with E-state index in [1.54, 1.807) is 0 Å². The van der Waals surface area contributed by atoms with Gasteiger partial charge >= 0.3 is 0 Å². The fourth-order valence-corrected chi connectivity index (χ4v) is 1.85. The summed E-state index contributed by atoms with van der Waals surface area (Å²) >= 11 is 0. The highest BCUT2D eigenvalue weighted by molar-refractivity contribution is 5.56. The van der Waals surface area contributed by atoms with Gasteiger partial charge in [0, 0.05) is 24.6 Å². The molecule has 0 saturated heterocycles. The third kappa shape index (κ3) is 4.61. The van der Waals surface area contributed by atoms with E-state index in [2.05, 4.69) is 34.6 Å². The van der Waals surface area contributed by atoms with Crippen molar-refractivity contribution in [1.82, 2.24) is 9.97 Å².